The molecule has 0 aromatic rings. The van der Waals surface area contributed by atoms with E-state index in [1.165, 1.54) is 0 Å². The summed E-state index contributed by atoms with van der Waals surface area (Å²) >= 11 is 0. The van der Waals surface area contributed by atoms with Crippen molar-refractivity contribution in [1.82, 2.24) is 5.32 Å². The molecule has 0 aromatic heterocycles. The molecule has 0 unspecified atom stereocenters. The normalized spacial score (nSPS) is 32.7. The molecule has 0 saturated carbocycles. The summed E-state index contributed by atoms with van der Waals surface area (Å²) in [7, 11) is 0. The van der Waals surface area contributed by atoms with Gasteiger partial charge in [-0.05, 0) is 0 Å². The standard InChI is InChI=1S/C8H8N2O3/c1-3-6-4(11)2-5(12)9-7(6)10-8(3)13/h3,6H,2H2,1H3,(H,9,10,12,13)/t3-,6+/m0/s1. The number of hydrogen-bond donors (Lipinski definition) is 1. The average Bonchev–Trinajstić information content (AvgIpc) is 2.27. The molecule has 2 rings (SSSR count). The van der Waals surface area contributed by atoms with E-state index < -0.39 is 11.8 Å². The Morgan fingerprint density at radius 1 is 1.38 bits per heavy atom. The van der Waals surface area contributed by atoms with Gasteiger partial charge in [0.25, 0.3) is 5.91 Å². The van der Waals surface area contributed by atoms with Crippen LogP contribution in [0.25, 0.3) is 0 Å². The highest BCUT2D eigenvalue weighted by Crippen LogP contribution is 2.25. The molecule has 5 heteroatoms. The molecular formula is C8H8N2O3. The van der Waals surface area contributed by atoms with Crippen LogP contribution in [0.2, 0.25) is 0 Å². The number of fused-ring (bicyclic) bond motifs is 1. The Hall–Kier alpha value is -1.52. The summed E-state index contributed by atoms with van der Waals surface area (Å²) in [5.74, 6) is -1.59. The number of hydrogen-bond acceptors (Lipinski definition) is 3. The Bertz CT molecular complexity index is 345. The second-order valence-electron chi connectivity index (χ2n) is 3.29. The van der Waals surface area contributed by atoms with Crippen LogP contribution in [0.1, 0.15) is 13.3 Å². The fourth-order valence-electron chi connectivity index (χ4n) is 1.66. The zero-order valence-corrected chi connectivity index (χ0v) is 7.03. The number of piperidine rings is 1. The number of amidine groups is 1. The Kier molecular flexibility index (Phi) is 1.55. The molecule has 0 aliphatic carbocycles. The van der Waals surface area contributed by atoms with Crippen molar-refractivity contribution in [3.63, 3.8) is 0 Å². The number of nitrogens with zero attached hydrogens (tertiary/aromatic N) is 1. The highest BCUT2D eigenvalue weighted by atomic mass is 16.2. The first-order chi connectivity index (χ1) is 6.09. The van der Waals surface area contributed by atoms with Gasteiger partial charge in [-0.25, -0.2) is 0 Å². The number of carbonyl (C=O) groups excluding carboxylic acids is 3. The van der Waals surface area contributed by atoms with Gasteiger partial charge in [0.15, 0.2) is 5.78 Å². The summed E-state index contributed by atoms with van der Waals surface area (Å²) < 4.78 is 0. The SMILES string of the molecule is C[C@@H]1C(=O)N=C2NC(=O)CC(=O)[C@H]21. The number of aliphatic imine (C=N–C) groups is 1. The molecule has 5 nitrogen and oxygen atoms in total. The maximum Gasteiger partial charge on any atom is 0.251 e. The molecule has 2 amide bonds. The number of Topliss-reactive ketones (excluding diaryl/α,β-unsaturated/α-hetero) is 1. The van der Waals surface area contributed by atoms with Gasteiger partial charge in [0.05, 0.1) is 18.3 Å². The van der Waals surface area contributed by atoms with Crippen molar-refractivity contribution in [1.29, 1.82) is 0 Å². The maximum absolute atomic E-state index is 11.3. The van der Waals surface area contributed by atoms with E-state index in [4.69, 9.17) is 0 Å². The lowest BCUT2D eigenvalue weighted by Crippen LogP contribution is -2.46. The highest BCUT2D eigenvalue weighted by molar-refractivity contribution is 6.25. The van der Waals surface area contributed by atoms with Crippen LogP contribution < -0.4 is 5.32 Å². The molecule has 2 heterocycles. The Balaban J connectivity index is 2.36. The lowest BCUT2D eigenvalue weighted by Gasteiger charge is -2.20. The largest absolute Gasteiger partial charge is 0.313 e. The molecule has 68 valence electrons. The van der Waals surface area contributed by atoms with Crippen molar-refractivity contribution in [2.75, 3.05) is 0 Å². The Morgan fingerprint density at radius 2 is 2.08 bits per heavy atom. The molecule has 2 aliphatic heterocycles. The van der Waals surface area contributed by atoms with Gasteiger partial charge >= 0.3 is 0 Å². The van der Waals surface area contributed by atoms with Crippen molar-refractivity contribution < 1.29 is 14.4 Å². The third kappa shape index (κ3) is 1.07. The minimum atomic E-state index is -0.509. The van der Waals surface area contributed by atoms with Crippen molar-refractivity contribution in [2.24, 2.45) is 16.8 Å². The monoisotopic (exact) mass is 180 g/mol. The van der Waals surface area contributed by atoms with E-state index in [9.17, 15) is 14.4 Å². The summed E-state index contributed by atoms with van der Waals surface area (Å²) in [6.07, 6.45) is -0.138. The van der Waals surface area contributed by atoms with Crippen LogP contribution in [0.5, 0.6) is 0 Å². The van der Waals surface area contributed by atoms with Gasteiger partial charge < -0.3 is 5.32 Å². The fourth-order valence-corrected chi connectivity index (χ4v) is 1.66. The second-order valence-corrected chi connectivity index (χ2v) is 3.29. The smallest absolute Gasteiger partial charge is 0.251 e. The van der Waals surface area contributed by atoms with E-state index in [0.717, 1.165) is 0 Å². The van der Waals surface area contributed by atoms with Gasteiger partial charge in [0, 0.05) is 0 Å². The Labute approximate surface area is 74.2 Å². The van der Waals surface area contributed by atoms with Gasteiger partial charge in [-0.1, -0.05) is 6.92 Å². The van der Waals surface area contributed by atoms with Crippen molar-refractivity contribution in [2.45, 2.75) is 13.3 Å². The summed E-state index contributed by atoms with van der Waals surface area (Å²) in [5.41, 5.74) is 0. The average molecular weight is 180 g/mol. The minimum Gasteiger partial charge on any atom is -0.313 e. The molecule has 0 radical (unpaired) electrons. The van der Waals surface area contributed by atoms with E-state index in [1.54, 1.807) is 6.92 Å². The highest BCUT2D eigenvalue weighted by Gasteiger charge is 2.43. The topological polar surface area (TPSA) is 75.6 Å². The first kappa shape index (κ1) is 8.10. The molecule has 0 spiro atoms. The first-order valence-electron chi connectivity index (χ1n) is 4.04. The van der Waals surface area contributed by atoms with E-state index in [0.29, 0.717) is 0 Å². The van der Waals surface area contributed by atoms with Crippen LogP contribution in [0.3, 0.4) is 0 Å². The number of carbonyl (C=O) groups is 3. The van der Waals surface area contributed by atoms with Crippen LogP contribution in [-0.4, -0.2) is 23.4 Å². The van der Waals surface area contributed by atoms with Crippen LogP contribution in [0, 0.1) is 11.8 Å². The van der Waals surface area contributed by atoms with Crippen LogP contribution in [0.4, 0.5) is 0 Å². The summed E-state index contributed by atoms with van der Waals surface area (Å²) in [5, 5.41) is 2.44. The second kappa shape index (κ2) is 2.48. The zero-order valence-electron chi connectivity index (χ0n) is 7.03. The van der Waals surface area contributed by atoms with Gasteiger partial charge in [-0.15, -0.1) is 0 Å². The third-order valence-electron chi connectivity index (χ3n) is 2.36. The predicted molar refractivity (Wildman–Crippen MR) is 42.9 cm³/mol. The van der Waals surface area contributed by atoms with E-state index >= 15 is 0 Å². The van der Waals surface area contributed by atoms with E-state index in [2.05, 4.69) is 10.3 Å². The third-order valence-corrected chi connectivity index (χ3v) is 2.36. The molecule has 13 heavy (non-hydrogen) atoms. The molecule has 1 N–H and O–H groups in total. The van der Waals surface area contributed by atoms with Gasteiger partial charge in [0.2, 0.25) is 5.91 Å². The molecule has 2 atom stereocenters. The van der Waals surface area contributed by atoms with Gasteiger partial charge in [0.1, 0.15) is 5.84 Å². The Morgan fingerprint density at radius 3 is 2.77 bits per heavy atom. The first-order valence-corrected chi connectivity index (χ1v) is 4.04. The number of rotatable bonds is 0. The lowest BCUT2D eigenvalue weighted by molar-refractivity contribution is -0.132. The van der Waals surface area contributed by atoms with Crippen molar-refractivity contribution >= 4 is 23.4 Å². The summed E-state index contributed by atoms with van der Waals surface area (Å²) in [6, 6.07) is 0. The quantitative estimate of drug-likeness (QED) is 0.499. The van der Waals surface area contributed by atoms with Gasteiger partial charge in [-0.3, -0.25) is 14.4 Å². The maximum atomic E-state index is 11.3. The number of amides is 2. The molecule has 1 fully saturated rings. The van der Waals surface area contributed by atoms with Crippen molar-refractivity contribution in [3.8, 4) is 0 Å². The van der Waals surface area contributed by atoms with Gasteiger partial charge in [-0.2, -0.15) is 4.99 Å². The molecule has 0 bridgehead atoms. The molecule has 2 aliphatic rings. The van der Waals surface area contributed by atoms with Crippen LogP contribution in [0.15, 0.2) is 4.99 Å². The summed E-state index contributed by atoms with van der Waals surface area (Å²) in [4.78, 5) is 37.0. The lowest BCUT2D eigenvalue weighted by atomic mass is 9.87. The van der Waals surface area contributed by atoms with E-state index in [-0.39, 0.29) is 29.9 Å². The zero-order chi connectivity index (χ0) is 9.59. The van der Waals surface area contributed by atoms with Crippen molar-refractivity contribution in [3.05, 3.63) is 0 Å². The number of ketones is 1. The minimum absolute atomic E-state index is 0.138. The summed E-state index contributed by atoms with van der Waals surface area (Å²) in [6.45, 7) is 1.65. The van der Waals surface area contributed by atoms with Crippen LogP contribution >= 0.6 is 0 Å². The number of nitrogens with one attached hydrogen (secondary N) is 1. The molecule has 0 aromatic carbocycles. The van der Waals surface area contributed by atoms with E-state index in [1.807, 2.05) is 0 Å². The predicted octanol–water partition coefficient (Wildman–Crippen LogP) is -0.734. The molecular weight excluding hydrogens is 172 g/mol. The van der Waals surface area contributed by atoms with Crippen LogP contribution in [-0.2, 0) is 14.4 Å². The molecule has 1 saturated heterocycles. The fraction of sp³-hybridized carbons (Fsp3) is 0.500.